The molecule has 1 aromatic carbocycles. The van der Waals surface area contributed by atoms with E-state index in [1.807, 2.05) is 45.0 Å². The van der Waals surface area contributed by atoms with Gasteiger partial charge >= 0.3 is 0 Å². The van der Waals surface area contributed by atoms with E-state index in [4.69, 9.17) is 0 Å². The molecule has 2 aromatic heterocycles. The number of thioether (sulfide) groups is 1. The Morgan fingerprint density at radius 3 is 2.84 bits per heavy atom. The summed E-state index contributed by atoms with van der Waals surface area (Å²) in [7, 11) is 1.69. The fourth-order valence-electron chi connectivity index (χ4n) is 2.50. The summed E-state index contributed by atoms with van der Waals surface area (Å²) in [5, 5.41) is 4.11. The zero-order valence-corrected chi connectivity index (χ0v) is 16.2. The topological polar surface area (TPSA) is 64.0 Å². The Bertz CT molecular complexity index is 1020. The number of amides is 1. The van der Waals surface area contributed by atoms with E-state index in [1.54, 1.807) is 7.05 Å². The molecule has 0 aliphatic rings. The molecule has 3 aromatic rings. The summed E-state index contributed by atoms with van der Waals surface area (Å²) in [5.41, 5.74) is 2.93. The van der Waals surface area contributed by atoms with Gasteiger partial charge in [-0.05, 0) is 44.0 Å². The molecule has 0 saturated carbocycles. The monoisotopic (exact) mass is 373 g/mol. The summed E-state index contributed by atoms with van der Waals surface area (Å²) < 4.78 is 1.50. The minimum Gasteiger partial charge on any atom is -0.325 e. The Morgan fingerprint density at radius 2 is 2.08 bits per heavy atom. The molecule has 0 spiro atoms. The van der Waals surface area contributed by atoms with Gasteiger partial charge in [-0.25, -0.2) is 4.98 Å². The first-order valence-corrected chi connectivity index (χ1v) is 9.63. The highest BCUT2D eigenvalue weighted by Crippen LogP contribution is 2.24. The van der Waals surface area contributed by atoms with Crippen LogP contribution < -0.4 is 10.9 Å². The molecular weight excluding hydrogens is 354 g/mol. The number of aromatic nitrogens is 2. The van der Waals surface area contributed by atoms with Crippen molar-refractivity contribution < 1.29 is 4.79 Å². The van der Waals surface area contributed by atoms with Gasteiger partial charge in [0.1, 0.15) is 4.83 Å². The largest absolute Gasteiger partial charge is 0.325 e. The number of nitrogens with zero attached hydrogens (tertiary/aromatic N) is 2. The third-order valence-electron chi connectivity index (χ3n) is 4.07. The average Bonchev–Trinajstić information content (AvgIpc) is 2.94. The van der Waals surface area contributed by atoms with Crippen molar-refractivity contribution in [3.63, 3.8) is 0 Å². The van der Waals surface area contributed by atoms with Gasteiger partial charge < -0.3 is 5.32 Å². The van der Waals surface area contributed by atoms with E-state index in [0.29, 0.717) is 10.5 Å². The van der Waals surface area contributed by atoms with E-state index in [2.05, 4.69) is 10.3 Å². The zero-order valence-electron chi connectivity index (χ0n) is 14.5. The van der Waals surface area contributed by atoms with E-state index in [-0.39, 0.29) is 17.2 Å². The number of carbonyl (C=O) groups is 1. The van der Waals surface area contributed by atoms with E-state index in [1.165, 1.54) is 27.7 Å². The lowest BCUT2D eigenvalue weighted by Gasteiger charge is -2.11. The van der Waals surface area contributed by atoms with Crippen LogP contribution in [-0.2, 0) is 11.8 Å². The number of thiophene rings is 1. The molecule has 0 saturated heterocycles. The SMILES string of the molecule is Cc1cc2c(=O)n(C)c(SCC(=O)Nc3cccc(C)c3C)nc2s1. The Kier molecular flexibility index (Phi) is 4.96. The van der Waals surface area contributed by atoms with Gasteiger partial charge in [-0.3, -0.25) is 14.2 Å². The minimum atomic E-state index is -0.115. The Morgan fingerprint density at radius 1 is 1.32 bits per heavy atom. The third-order valence-corrected chi connectivity index (χ3v) is 6.04. The molecule has 0 radical (unpaired) electrons. The van der Waals surface area contributed by atoms with E-state index in [9.17, 15) is 9.59 Å². The highest BCUT2D eigenvalue weighted by atomic mass is 32.2. The number of hydrogen-bond donors (Lipinski definition) is 1. The molecule has 0 aliphatic carbocycles. The maximum Gasteiger partial charge on any atom is 0.262 e. The van der Waals surface area contributed by atoms with Gasteiger partial charge in [-0.15, -0.1) is 11.3 Å². The number of rotatable bonds is 4. The number of nitrogens with one attached hydrogen (secondary N) is 1. The quantitative estimate of drug-likeness (QED) is 0.560. The summed E-state index contributed by atoms with van der Waals surface area (Å²) in [5.74, 6) is 0.0826. The summed E-state index contributed by atoms with van der Waals surface area (Å²) >= 11 is 2.76. The van der Waals surface area contributed by atoms with Crippen molar-refractivity contribution in [3.05, 3.63) is 50.6 Å². The second kappa shape index (κ2) is 7.01. The lowest BCUT2D eigenvalue weighted by Crippen LogP contribution is -2.21. The second-order valence-electron chi connectivity index (χ2n) is 5.92. The molecule has 130 valence electrons. The molecule has 7 heteroatoms. The highest BCUT2D eigenvalue weighted by Gasteiger charge is 2.13. The minimum absolute atomic E-state index is 0.0770. The average molecular weight is 374 g/mol. The fraction of sp³-hybridized carbons (Fsp3) is 0.278. The number of carbonyl (C=O) groups excluding carboxylic acids is 1. The highest BCUT2D eigenvalue weighted by molar-refractivity contribution is 7.99. The first kappa shape index (κ1) is 17.7. The number of fused-ring (bicyclic) bond motifs is 1. The maximum atomic E-state index is 12.4. The molecule has 5 nitrogen and oxygen atoms in total. The van der Waals surface area contributed by atoms with Crippen molar-refractivity contribution in [1.29, 1.82) is 0 Å². The maximum absolute atomic E-state index is 12.4. The van der Waals surface area contributed by atoms with Gasteiger partial charge in [0, 0.05) is 17.6 Å². The van der Waals surface area contributed by atoms with Crippen molar-refractivity contribution in [2.45, 2.75) is 25.9 Å². The lowest BCUT2D eigenvalue weighted by atomic mass is 10.1. The predicted molar refractivity (Wildman–Crippen MR) is 105 cm³/mol. The summed E-state index contributed by atoms with van der Waals surface area (Å²) in [6.07, 6.45) is 0. The van der Waals surface area contributed by atoms with E-state index in [0.717, 1.165) is 26.5 Å². The summed E-state index contributed by atoms with van der Waals surface area (Å²) in [6.45, 7) is 5.95. The van der Waals surface area contributed by atoms with Gasteiger partial charge in [-0.2, -0.15) is 0 Å². The molecule has 0 fully saturated rings. The van der Waals surface area contributed by atoms with Crippen molar-refractivity contribution in [2.75, 3.05) is 11.1 Å². The molecule has 25 heavy (non-hydrogen) atoms. The van der Waals surface area contributed by atoms with Gasteiger partial charge in [-0.1, -0.05) is 23.9 Å². The van der Waals surface area contributed by atoms with Crippen molar-refractivity contribution in [1.82, 2.24) is 9.55 Å². The van der Waals surface area contributed by atoms with Crippen LogP contribution in [0.5, 0.6) is 0 Å². The van der Waals surface area contributed by atoms with Crippen LogP contribution in [0.25, 0.3) is 10.2 Å². The Balaban J connectivity index is 1.76. The molecule has 2 heterocycles. The standard InChI is InChI=1S/C18H19N3O2S2/c1-10-6-5-7-14(12(10)3)19-15(22)9-24-18-20-16-13(8-11(2)25-16)17(23)21(18)4/h5-8H,9H2,1-4H3,(H,19,22). The van der Waals surface area contributed by atoms with Crippen LogP contribution in [0, 0.1) is 20.8 Å². The fourth-order valence-corrected chi connectivity index (χ4v) is 4.19. The van der Waals surface area contributed by atoms with Crippen LogP contribution in [0.15, 0.2) is 34.2 Å². The van der Waals surface area contributed by atoms with Crippen LogP contribution in [-0.4, -0.2) is 21.2 Å². The van der Waals surface area contributed by atoms with Crippen LogP contribution in [0.3, 0.4) is 0 Å². The normalized spacial score (nSPS) is 11.0. The first-order chi connectivity index (χ1) is 11.9. The third kappa shape index (κ3) is 3.62. The number of anilines is 1. The van der Waals surface area contributed by atoms with Crippen LogP contribution in [0.2, 0.25) is 0 Å². The predicted octanol–water partition coefficient (Wildman–Crippen LogP) is 3.65. The zero-order chi connectivity index (χ0) is 18.1. The number of aryl methyl sites for hydroxylation is 2. The van der Waals surface area contributed by atoms with Crippen LogP contribution in [0.4, 0.5) is 5.69 Å². The van der Waals surface area contributed by atoms with E-state index < -0.39 is 0 Å². The van der Waals surface area contributed by atoms with Crippen LogP contribution >= 0.6 is 23.1 Å². The van der Waals surface area contributed by atoms with Gasteiger partial charge in [0.15, 0.2) is 5.16 Å². The van der Waals surface area contributed by atoms with Crippen LogP contribution in [0.1, 0.15) is 16.0 Å². The lowest BCUT2D eigenvalue weighted by molar-refractivity contribution is -0.113. The molecule has 1 amide bonds. The molecule has 1 N–H and O–H groups in total. The molecule has 3 rings (SSSR count). The second-order valence-corrected chi connectivity index (χ2v) is 8.10. The number of hydrogen-bond acceptors (Lipinski definition) is 5. The molecule has 0 aliphatic heterocycles. The smallest absolute Gasteiger partial charge is 0.262 e. The Labute approximate surface area is 154 Å². The van der Waals surface area contributed by atoms with Crippen molar-refractivity contribution in [2.24, 2.45) is 7.05 Å². The van der Waals surface area contributed by atoms with Gasteiger partial charge in [0.05, 0.1) is 11.1 Å². The van der Waals surface area contributed by atoms with Crippen molar-refractivity contribution >= 4 is 44.9 Å². The summed E-state index contributed by atoms with van der Waals surface area (Å²) in [4.78, 5) is 31.0. The van der Waals surface area contributed by atoms with Gasteiger partial charge in [0.25, 0.3) is 5.56 Å². The summed E-state index contributed by atoms with van der Waals surface area (Å²) in [6, 6.07) is 7.68. The molecule has 0 bridgehead atoms. The first-order valence-electron chi connectivity index (χ1n) is 7.83. The molecular formula is C18H19N3O2S2. The van der Waals surface area contributed by atoms with Gasteiger partial charge in [0.2, 0.25) is 5.91 Å². The van der Waals surface area contributed by atoms with E-state index >= 15 is 0 Å². The molecule has 0 atom stereocenters. The van der Waals surface area contributed by atoms with Crippen molar-refractivity contribution in [3.8, 4) is 0 Å². The molecule has 0 unspecified atom stereocenters. The number of benzene rings is 1. The Hall–Kier alpha value is -2.12.